The number of unbranched alkanes of at least 4 members (excludes halogenated alkanes) is 1. The Morgan fingerprint density at radius 1 is 1.13 bits per heavy atom. The van der Waals surface area contributed by atoms with Crippen LogP contribution in [0.25, 0.3) is 22.3 Å². The molecule has 4 aromatic rings. The van der Waals surface area contributed by atoms with Gasteiger partial charge < -0.3 is 26.4 Å². The van der Waals surface area contributed by atoms with Crippen molar-refractivity contribution >= 4 is 22.8 Å². The van der Waals surface area contributed by atoms with Crippen LogP contribution in [0.2, 0.25) is 0 Å². The number of aromatic nitrogens is 4. The normalized spacial score (nSPS) is 21.1. The number of carbonyl (C=O) groups is 1. The molecule has 286 valence electrons. The zero-order valence-corrected chi connectivity index (χ0v) is 32.3. The first kappa shape index (κ1) is 39.7. The van der Waals surface area contributed by atoms with Gasteiger partial charge in [0.05, 0.1) is 24.1 Å². The van der Waals surface area contributed by atoms with Crippen LogP contribution < -0.4 is 21.5 Å². The number of halogens is 1. The highest BCUT2D eigenvalue weighted by Gasteiger charge is 2.47. The van der Waals surface area contributed by atoms with E-state index in [1.807, 2.05) is 24.3 Å². The van der Waals surface area contributed by atoms with E-state index in [9.17, 15) is 9.18 Å². The van der Waals surface area contributed by atoms with Crippen LogP contribution in [0.4, 0.5) is 10.2 Å². The first-order valence-corrected chi connectivity index (χ1v) is 19.0. The summed E-state index contributed by atoms with van der Waals surface area (Å²) in [4.78, 5) is 27.4. The second-order valence-corrected chi connectivity index (χ2v) is 15.1. The molecule has 53 heavy (non-hydrogen) atoms. The second kappa shape index (κ2) is 17.5. The van der Waals surface area contributed by atoms with E-state index in [-0.39, 0.29) is 23.6 Å². The molecule has 1 aliphatic heterocycles. The largest absolute Gasteiger partial charge is 0.496 e. The maximum Gasteiger partial charge on any atom is 0.255 e. The molecule has 0 bridgehead atoms. The fourth-order valence-corrected chi connectivity index (χ4v) is 8.14. The van der Waals surface area contributed by atoms with Gasteiger partial charge in [-0.25, -0.2) is 19.0 Å². The number of nitrogen functional groups attached to an aromatic ring is 1. The Morgan fingerprint density at radius 3 is 2.51 bits per heavy atom. The number of hydrogen-bond donors (Lipinski definition) is 3. The number of nitrogens with zero attached hydrogens (tertiary/aromatic N) is 6. The molecule has 12 heteroatoms. The quantitative estimate of drug-likeness (QED) is 0.134. The van der Waals surface area contributed by atoms with Crippen LogP contribution in [0.3, 0.4) is 0 Å². The number of amides is 1. The lowest BCUT2D eigenvalue weighted by Gasteiger charge is -2.55. The van der Waals surface area contributed by atoms with E-state index >= 15 is 0 Å². The maximum absolute atomic E-state index is 13.8. The number of methoxy groups -OCH3 is 1. The first-order valence-electron chi connectivity index (χ1n) is 19.0. The van der Waals surface area contributed by atoms with Crippen molar-refractivity contribution in [1.29, 1.82) is 0 Å². The first-order chi connectivity index (χ1) is 25.5. The molecular formula is C41H58FN9O2. The number of nitrogens with one attached hydrogen (secondary N) is 1. The van der Waals surface area contributed by atoms with E-state index < -0.39 is 11.7 Å². The Kier molecular flexibility index (Phi) is 13.1. The second-order valence-electron chi connectivity index (χ2n) is 15.1. The van der Waals surface area contributed by atoms with Gasteiger partial charge in [-0.1, -0.05) is 65.0 Å². The van der Waals surface area contributed by atoms with Crippen molar-refractivity contribution in [2.45, 2.75) is 104 Å². The predicted molar refractivity (Wildman–Crippen MR) is 211 cm³/mol. The summed E-state index contributed by atoms with van der Waals surface area (Å²) in [6.07, 6.45) is 10.0. The van der Waals surface area contributed by atoms with E-state index in [0.717, 1.165) is 40.8 Å². The molecule has 2 aliphatic rings. The van der Waals surface area contributed by atoms with Gasteiger partial charge >= 0.3 is 0 Å². The highest BCUT2D eigenvalue weighted by molar-refractivity contribution is 5.98. The molecule has 2 atom stereocenters. The Bertz CT molecular complexity index is 1840. The van der Waals surface area contributed by atoms with Gasteiger partial charge in [-0.05, 0) is 87.5 Å². The molecular weight excluding hydrogens is 670 g/mol. The van der Waals surface area contributed by atoms with Crippen molar-refractivity contribution in [3.63, 3.8) is 0 Å². The number of carbonyl (C=O) groups excluding carboxylic acids is 1. The van der Waals surface area contributed by atoms with Crippen LogP contribution in [-0.2, 0) is 6.54 Å². The number of likely N-dealkylation sites (tertiary alicyclic amines) is 1. The van der Waals surface area contributed by atoms with Crippen LogP contribution in [0, 0.1) is 11.2 Å². The summed E-state index contributed by atoms with van der Waals surface area (Å²) in [6, 6.07) is 13.6. The van der Waals surface area contributed by atoms with Crippen LogP contribution in [-0.4, -0.2) is 80.3 Å². The minimum absolute atomic E-state index is 0.0171. The van der Waals surface area contributed by atoms with Crippen molar-refractivity contribution in [3.8, 4) is 17.0 Å². The molecule has 1 saturated heterocycles. The number of benzene rings is 2. The average Bonchev–Trinajstić information content (AvgIpc) is 3.50. The molecule has 5 N–H and O–H groups in total. The summed E-state index contributed by atoms with van der Waals surface area (Å²) in [5.74, 6) is -0.188. The molecule has 6 rings (SSSR count). The summed E-state index contributed by atoms with van der Waals surface area (Å²) in [5, 5.41) is 8.88. The molecule has 2 fully saturated rings. The van der Waals surface area contributed by atoms with Gasteiger partial charge in [-0.15, -0.1) is 0 Å². The molecule has 11 nitrogen and oxygen atoms in total. The monoisotopic (exact) mass is 727 g/mol. The highest BCUT2D eigenvalue weighted by Crippen LogP contribution is 2.46. The van der Waals surface area contributed by atoms with E-state index in [1.54, 1.807) is 0 Å². The lowest BCUT2D eigenvalue weighted by molar-refractivity contribution is -0.0507. The van der Waals surface area contributed by atoms with Gasteiger partial charge in [0.1, 0.15) is 29.4 Å². The van der Waals surface area contributed by atoms with Crippen LogP contribution in [0.1, 0.15) is 95.1 Å². The van der Waals surface area contributed by atoms with Crippen molar-refractivity contribution < 1.29 is 13.9 Å². The number of nitrogens with two attached hydrogens (primary N) is 2. The minimum atomic E-state index is -0.498. The Labute approximate surface area is 314 Å². The van der Waals surface area contributed by atoms with Crippen molar-refractivity contribution in [2.24, 2.45) is 11.1 Å². The van der Waals surface area contributed by atoms with Crippen molar-refractivity contribution in [2.75, 3.05) is 32.5 Å². The third kappa shape index (κ3) is 8.81. The van der Waals surface area contributed by atoms with E-state index in [1.165, 1.54) is 83.0 Å². The van der Waals surface area contributed by atoms with E-state index in [2.05, 4.69) is 71.7 Å². The topological polar surface area (TPSA) is 140 Å². The summed E-state index contributed by atoms with van der Waals surface area (Å²) >= 11 is 0. The summed E-state index contributed by atoms with van der Waals surface area (Å²) < 4.78 is 21.2. The number of rotatable bonds is 13. The van der Waals surface area contributed by atoms with Gasteiger partial charge in [0.25, 0.3) is 5.91 Å². The van der Waals surface area contributed by atoms with Gasteiger partial charge in [0, 0.05) is 36.8 Å². The minimum Gasteiger partial charge on any atom is -0.496 e. The molecule has 1 aliphatic carbocycles. The van der Waals surface area contributed by atoms with Crippen LogP contribution in [0.15, 0.2) is 61.6 Å². The fourth-order valence-electron chi connectivity index (χ4n) is 8.14. The molecule has 2 aromatic heterocycles. The molecule has 3 heterocycles. The maximum atomic E-state index is 13.8. The van der Waals surface area contributed by atoms with Crippen molar-refractivity contribution in [1.82, 2.24) is 34.9 Å². The van der Waals surface area contributed by atoms with E-state index in [0.29, 0.717) is 29.7 Å². The summed E-state index contributed by atoms with van der Waals surface area (Å²) in [5.41, 5.74) is 14.5. The number of piperidine rings is 1. The molecule has 1 amide bonds. The highest BCUT2D eigenvalue weighted by atomic mass is 19.1. The summed E-state index contributed by atoms with van der Waals surface area (Å²) in [7, 11) is 1.46. The van der Waals surface area contributed by atoms with Gasteiger partial charge in [0.15, 0.2) is 5.65 Å². The fraction of sp³-hybridized carbons (Fsp3) is 0.512. The zero-order valence-electron chi connectivity index (χ0n) is 32.3. The Balaban J connectivity index is 0.00000175. The number of hydrogen-bond acceptors (Lipinski definition) is 9. The predicted octanol–water partition coefficient (Wildman–Crippen LogP) is 6.95. The molecule has 2 unspecified atom stereocenters. The van der Waals surface area contributed by atoms with Crippen molar-refractivity contribution in [3.05, 3.63) is 78.5 Å². The number of ether oxygens (including phenoxy) is 1. The number of fused-ring (bicyclic) bond motifs is 1. The van der Waals surface area contributed by atoms with Crippen LogP contribution in [0.5, 0.6) is 5.75 Å². The smallest absolute Gasteiger partial charge is 0.255 e. The molecule has 1 saturated carbocycles. The lowest BCUT2D eigenvalue weighted by atomic mass is 9.72. The summed E-state index contributed by atoms with van der Waals surface area (Å²) in [6.45, 7) is 18.4. The van der Waals surface area contributed by atoms with Gasteiger partial charge in [0.2, 0.25) is 0 Å². The molecule has 0 radical (unpaired) electrons. The molecule has 2 aromatic carbocycles. The van der Waals surface area contributed by atoms with Crippen LogP contribution >= 0.6 is 0 Å². The third-order valence-electron chi connectivity index (χ3n) is 11.0. The lowest BCUT2D eigenvalue weighted by Crippen LogP contribution is -2.60. The van der Waals surface area contributed by atoms with E-state index in [4.69, 9.17) is 20.6 Å². The average molecular weight is 728 g/mol. The zero-order chi connectivity index (χ0) is 38.3. The molecule has 0 spiro atoms. The number of anilines is 1. The third-order valence-corrected chi connectivity index (χ3v) is 11.0. The Hall–Kier alpha value is -4.55. The van der Waals surface area contributed by atoms with Gasteiger partial charge in [-0.2, -0.15) is 5.10 Å². The SMILES string of the molecule is C=CN.CCCCN(CCC)C1CC(N2CC(n3nc(-c4ccc(CNC(=O)c5cc(F)ccc5OC)cc4)c4c(N)ncnc43)C(C)(C)CC2C)C1. The standard InChI is InChI=1S/C39H53FN8O2.C2H5N/c1-7-9-17-46(16-8-2)29-19-30(20-29)47-23-33(39(4,5)21-25(47)3)48-37-34(36(41)43-24-44-37)35(45-48)27-12-10-26(11-13-27)22-42-38(49)31-18-28(40)14-15-32(31)50-6;1-2-3/h10-15,18,24-25,29-30,33H,7-9,16-17,19-23H2,1-6H3,(H,42,49)(H2,41,43,44);2H,1,3H2. The van der Waals surface area contributed by atoms with Gasteiger partial charge in [-0.3, -0.25) is 9.69 Å². The Morgan fingerprint density at radius 2 is 1.85 bits per heavy atom.